The molecule has 0 aromatic heterocycles. The molecular weight excluding hydrogens is 330 g/mol. The molecule has 3 rings (SSSR count). The van der Waals surface area contributed by atoms with Crippen LogP contribution in [-0.2, 0) is 4.79 Å². The highest BCUT2D eigenvalue weighted by molar-refractivity contribution is 5.83. The third kappa shape index (κ3) is 3.27. The Labute approximate surface area is 152 Å². The van der Waals surface area contributed by atoms with Gasteiger partial charge in [-0.15, -0.1) is 0 Å². The van der Waals surface area contributed by atoms with E-state index < -0.39 is 29.7 Å². The molecule has 2 unspecified atom stereocenters. The summed E-state index contributed by atoms with van der Waals surface area (Å²) in [6.45, 7) is 3.49. The molecule has 4 N–H and O–H groups in total. The fourth-order valence-corrected chi connectivity index (χ4v) is 3.08. The summed E-state index contributed by atoms with van der Waals surface area (Å²) in [4.78, 5) is 12.7. The highest BCUT2D eigenvalue weighted by Gasteiger charge is 2.44. The van der Waals surface area contributed by atoms with Gasteiger partial charge in [0.1, 0.15) is 23.5 Å². The van der Waals surface area contributed by atoms with E-state index in [1.54, 1.807) is 44.2 Å². The number of hydrogen-bond acceptors (Lipinski definition) is 5. The zero-order chi connectivity index (χ0) is 18.9. The average molecular weight is 351 g/mol. The molecule has 1 aliphatic rings. The van der Waals surface area contributed by atoms with Gasteiger partial charge in [-0.05, 0) is 37.6 Å². The Hall–Kier alpha value is -2.88. The first-order chi connectivity index (χ1) is 12.3. The second-order valence-electron chi connectivity index (χ2n) is 6.89. The molecule has 0 fully saturated rings. The summed E-state index contributed by atoms with van der Waals surface area (Å²) in [7, 11) is 0. The van der Waals surface area contributed by atoms with Gasteiger partial charge in [0.15, 0.2) is 0 Å². The lowest BCUT2D eigenvalue weighted by Gasteiger charge is -2.42. The Morgan fingerprint density at radius 2 is 2.00 bits per heavy atom. The third-order valence-electron chi connectivity index (χ3n) is 4.61. The molecule has 6 heteroatoms. The number of nitrogens with one attached hydrogen (secondary N) is 1. The van der Waals surface area contributed by atoms with Gasteiger partial charge in [-0.2, -0.15) is 5.26 Å². The van der Waals surface area contributed by atoms with Crippen LogP contribution in [0.15, 0.2) is 48.5 Å². The highest BCUT2D eigenvalue weighted by Crippen LogP contribution is 2.40. The minimum Gasteiger partial charge on any atom is -0.485 e. The third-order valence-corrected chi connectivity index (χ3v) is 4.61. The smallest absolute Gasteiger partial charge is 0.242 e. The summed E-state index contributed by atoms with van der Waals surface area (Å²) in [5.74, 6) is 0.115. The second kappa shape index (κ2) is 6.79. The predicted octanol–water partition coefficient (Wildman–Crippen LogP) is 1.95. The molecule has 0 aliphatic carbocycles. The number of ether oxygens (including phenoxy) is 1. The van der Waals surface area contributed by atoms with Crippen molar-refractivity contribution in [1.82, 2.24) is 5.32 Å². The van der Waals surface area contributed by atoms with Crippen molar-refractivity contribution >= 4 is 5.91 Å². The number of carbonyl (C=O) groups is 1. The maximum atomic E-state index is 12.7. The van der Waals surface area contributed by atoms with Crippen LogP contribution in [0.1, 0.15) is 42.6 Å². The fraction of sp³-hybridized carbons (Fsp3) is 0.300. The van der Waals surface area contributed by atoms with E-state index in [2.05, 4.69) is 11.4 Å². The second-order valence-corrected chi connectivity index (χ2v) is 6.89. The Morgan fingerprint density at radius 1 is 1.31 bits per heavy atom. The van der Waals surface area contributed by atoms with Crippen LogP contribution in [0.4, 0.5) is 0 Å². The SMILES string of the molecule is CC1(C)Oc2ccc(C#N)cc2C(NC(=O)[C@@H](N)c2ccccc2)C1O. The number of aliphatic hydroxyl groups is 1. The van der Waals surface area contributed by atoms with Crippen LogP contribution in [0.3, 0.4) is 0 Å². The molecule has 0 saturated carbocycles. The first-order valence-corrected chi connectivity index (χ1v) is 8.35. The van der Waals surface area contributed by atoms with Crippen molar-refractivity contribution in [3.8, 4) is 11.8 Å². The van der Waals surface area contributed by atoms with E-state index in [0.29, 0.717) is 22.4 Å². The molecule has 0 saturated heterocycles. The zero-order valence-corrected chi connectivity index (χ0v) is 14.6. The molecule has 3 atom stereocenters. The van der Waals surface area contributed by atoms with Gasteiger partial charge >= 0.3 is 0 Å². The topological polar surface area (TPSA) is 108 Å². The summed E-state index contributed by atoms with van der Waals surface area (Å²) < 4.78 is 5.85. The van der Waals surface area contributed by atoms with E-state index in [9.17, 15) is 9.90 Å². The van der Waals surface area contributed by atoms with Crippen molar-refractivity contribution in [2.24, 2.45) is 5.73 Å². The van der Waals surface area contributed by atoms with Crippen LogP contribution >= 0.6 is 0 Å². The highest BCUT2D eigenvalue weighted by atomic mass is 16.5. The molecule has 0 spiro atoms. The first-order valence-electron chi connectivity index (χ1n) is 8.35. The Balaban J connectivity index is 1.93. The molecule has 1 heterocycles. The number of hydrogen-bond donors (Lipinski definition) is 3. The lowest BCUT2D eigenvalue weighted by molar-refractivity contribution is -0.127. The molecule has 1 aliphatic heterocycles. The Morgan fingerprint density at radius 3 is 2.65 bits per heavy atom. The van der Waals surface area contributed by atoms with Gasteiger partial charge in [0.2, 0.25) is 5.91 Å². The lowest BCUT2D eigenvalue weighted by atomic mass is 9.85. The van der Waals surface area contributed by atoms with E-state index in [4.69, 9.17) is 15.7 Å². The standard InChI is InChI=1S/C20H21N3O3/c1-20(2)18(24)17(14-10-12(11-21)8-9-15(14)26-20)23-19(25)16(22)13-6-4-3-5-7-13/h3-10,16-18,24H,22H2,1-2H3,(H,23,25)/t16-,17?,18?/m0/s1. The van der Waals surface area contributed by atoms with Crippen LogP contribution < -0.4 is 15.8 Å². The zero-order valence-electron chi connectivity index (χ0n) is 14.6. The summed E-state index contributed by atoms with van der Waals surface area (Å²) in [5, 5.41) is 22.7. The number of rotatable bonds is 3. The molecule has 0 radical (unpaired) electrons. The normalized spacial score (nSPS) is 21.7. The molecule has 2 aromatic carbocycles. The number of aliphatic hydroxyl groups excluding tert-OH is 1. The van der Waals surface area contributed by atoms with Crippen molar-refractivity contribution < 1.29 is 14.6 Å². The van der Waals surface area contributed by atoms with Gasteiger partial charge in [0.25, 0.3) is 0 Å². The van der Waals surface area contributed by atoms with Crippen LogP contribution in [0.2, 0.25) is 0 Å². The number of nitriles is 1. The quantitative estimate of drug-likeness (QED) is 0.783. The first kappa shape index (κ1) is 17.9. The lowest BCUT2D eigenvalue weighted by Crippen LogP contribution is -2.54. The van der Waals surface area contributed by atoms with Gasteiger partial charge < -0.3 is 20.9 Å². The maximum Gasteiger partial charge on any atom is 0.242 e. The van der Waals surface area contributed by atoms with Crippen molar-refractivity contribution in [3.05, 3.63) is 65.2 Å². The van der Waals surface area contributed by atoms with Crippen molar-refractivity contribution in [1.29, 1.82) is 5.26 Å². The fourth-order valence-electron chi connectivity index (χ4n) is 3.08. The van der Waals surface area contributed by atoms with Gasteiger partial charge in [-0.1, -0.05) is 30.3 Å². The Bertz CT molecular complexity index is 858. The number of nitrogens with two attached hydrogens (primary N) is 1. The number of benzene rings is 2. The molecule has 0 bridgehead atoms. The molecule has 1 amide bonds. The van der Waals surface area contributed by atoms with Gasteiger partial charge in [0.05, 0.1) is 17.7 Å². The number of fused-ring (bicyclic) bond motifs is 1. The molecular formula is C20H21N3O3. The predicted molar refractivity (Wildman–Crippen MR) is 96.1 cm³/mol. The van der Waals surface area contributed by atoms with Crippen molar-refractivity contribution in [2.75, 3.05) is 0 Å². The summed E-state index contributed by atoms with van der Waals surface area (Å²) >= 11 is 0. The van der Waals surface area contributed by atoms with E-state index in [1.165, 1.54) is 0 Å². The molecule has 26 heavy (non-hydrogen) atoms. The van der Waals surface area contributed by atoms with Gasteiger partial charge in [-0.3, -0.25) is 4.79 Å². The van der Waals surface area contributed by atoms with Crippen molar-refractivity contribution in [2.45, 2.75) is 37.6 Å². The Kier molecular flexibility index (Phi) is 4.68. The number of amides is 1. The van der Waals surface area contributed by atoms with E-state index in [0.717, 1.165) is 0 Å². The maximum absolute atomic E-state index is 12.7. The van der Waals surface area contributed by atoms with E-state index >= 15 is 0 Å². The van der Waals surface area contributed by atoms with Crippen LogP contribution in [0.5, 0.6) is 5.75 Å². The molecule has 2 aromatic rings. The summed E-state index contributed by atoms with van der Waals surface area (Å²) in [6, 6.07) is 14.4. The van der Waals surface area contributed by atoms with Gasteiger partial charge in [-0.25, -0.2) is 0 Å². The molecule has 6 nitrogen and oxygen atoms in total. The number of nitrogens with zero attached hydrogens (tertiary/aromatic N) is 1. The van der Waals surface area contributed by atoms with Crippen LogP contribution in [0.25, 0.3) is 0 Å². The minimum absolute atomic E-state index is 0.411. The monoisotopic (exact) mass is 351 g/mol. The van der Waals surface area contributed by atoms with Crippen LogP contribution in [-0.4, -0.2) is 22.7 Å². The number of carbonyl (C=O) groups excluding carboxylic acids is 1. The minimum atomic E-state index is -1.00. The molecule has 134 valence electrons. The van der Waals surface area contributed by atoms with Gasteiger partial charge in [0, 0.05) is 5.56 Å². The van der Waals surface area contributed by atoms with Crippen molar-refractivity contribution in [3.63, 3.8) is 0 Å². The van der Waals surface area contributed by atoms with E-state index in [1.807, 2.05) is 18.2 Å². The average Bonchev–Trinajstić information content (AvgIpc) is 2.65. The summed E-state index contributed by atoms with van der Waals surface area (Å²) in [6.07, 6.45) is -1.00. The van der Waals surface area contributed by atoms with Crippen LogP contribution in [0, 0.1) is 11.3 Å². The van der Waals surface area contributed by atoms with E-state index in [-0.39, 0.29) is 0 Å². The summed E-state index contributed by atoms with van der Waals surface area (Å²) in [5.41, 5.74) is 6.82. The largest absolute Gasteiger partial charge is 0.485 e.